The average Bonchev–Trinajstić information content (AvgIpc) is 2.64. The van der Waals surface area contributed by atoms with Crippen LogP contribution in [-0.2, 0) is 16.6 Å². The van der Waals surface area contributed by atoms with Crippen LogP contribution in [0.3, 0.4) is 0 Å². The number of fused-ring (bicyclic) bond motifs is 1. The van der Waals surface area contributed by atoms with Gasteiger partial charge in [0.25, 0.3) is 0 Å². The number of carboxylic acids is 1. The van der Waals surface area contributed by atoms with Crippen LogP contribution in [0.25, 0.3) is 10.9 Å². The largest absolute Gasteiger partial charge is 0.481 e. The van der Waals surface area contributed by atoms with Gasteiger partial charge in [-0.25, -0.2) is 0 Å². The van der Waals surface area contributed by atoms with Crippen LogP contribution in [0.4, 0.5) is 0 Å². The molecule has 0 saturated heterocycles. The highest BCUT2D eigenvalue weighted by Crippen LogP contribution is 2.32. The van der Waals surface area contributed by atoms with Crippen LogP contribution in [-0.4, -0.2) is 16.1 Å². The van der Waals surface area contributed by atoms with Crippen molar-refractivity contribution in [2.45, 2.75) is 39.0 Å². The third-order valence-electron chi connectivity index (χ3n) is 3.15. The summed E-state index contributed by atoms with van der Waals surface area (Å²) in [7, 11) is 0. The third-order valence-corrected chi connectivity index (χ3v) is 3.15. The van der Waals surface area contributed by atoms with E-state index in [1.807, 2.05) is 18.2 Å². The van der Waals surface area contributed by atoms with Crippen molar-refractivity contribution in [3.8, 4) is 0 Å². The van der Waals surface area contributed by atoms with E-state index in [-0.39, 0.29) is 11.8 Å². The summed E-state index contributed by atoms with van der Waals surface area (Å²) in [6, 6.07) is 8.08. The van der Waals surface area contributed by atoms with Crippen molar-refractivity contribution >= 4 is 16.9 Å². The number of hydrogen-bond acceptors (Lipinski definition) is 1. The Morgan fingerprint density at radius 3 is 2.56 bits per heavy atom. The molecule has 0 aliphatic rings. The summed E-state index contributed by atoms with van der Waals surface area (Å²) < 4.78 is 0. The number of carboxylic acid groups (broad SMARTS) is 1. The van der Waals surface area contributed by atoms with Crippen LogP contribution in [0.15, 0.2) is 24.3 Å². The lowest BCUT2D eigenvalue weighted by Crippen LogP contribution is -2.14. The Kier molecular flexibility index (Phi) is 3.16. The van der Waals surface area contributed by atoms with E-state index in [0.29, 0.717) is 6.42 Å². The second kappa shape index (κ2) is 4.48. The van der Waals surface area contributed by atoms with Gasteiger partial charge >= 0.3 is 5.97 Å². The molecule has 0 fully saturated rings. The zero-order valence-electron chi connectivity index (χ0n) is 11.1. The number of H-pyrrole nitrogens is 1. The van der Waals surface area contributed by atoms with Crippen molar-refractivity contribution in [1.29, 1.82) is 0 Å². The van der Waals surface area contributed by atoms with E-state index >= 15 is 0 Å². The topological polar surface area (TPSA) is 53.1 Å². The molecule has 18 heavy (non-hydrogen) atoms. The second-order valence-corrected chi connectivity index (χ2v) is 5.67. The number of para-hydroxylation sites is 1. The van der Waals surface area contributed by atoms with Crippen LogP contribution < -0.4 is 0 Å². The van der Waals surface area contributed by atoms with Crippen LogP contribution in [0, 0.1) is 0 Å². The number of aromatic nitrogens is 1. The average molecular weight is 245 g/mol. The molecule has 1 aromatic heterocycles. The number of aromatic amines is 1. The smallest absolute Gasteiger partial charge is 0.303 e. The molecule has 0 aliphatic carbocycles. The predicted molar refractivity (Wildman–Crippen MR) is 73.0 cm³/mol. The molecule has 0 amide bonds. The molecule has 0 atom stereocenters. The summed E-state index contributed by atoms with van der Waals surface area (Å²) in [5.74, 6) is -0.750. The maximum absolute atomic E-state index is 10.8. The Balaban J connectivity index is 2.54. The number of nitrogens with one attached hydrogen (secondary N) is 1. The highest BCUT2D eigenvalue weighted by molar-refractivity contribution is 5.85. The van der Waals surface area contributed by atoms with Gasteiger partial charge in [-0.05, 0) is 18.1 Å². The molecule has 1 aromatic carbocycles. The van der Waals surface area contributed by atoms with E-state index in [2.05, 4.69) is 31.8 Å². The first kappa shape index (κ1) is 12.7. The van der Waals surface area contributed by atoms with Crippen LogP contribution >= 0.6 is 0 Å². The van der Waals surface area contributed by atoms with E-state index in [1.54, 1.807) is 0 Å². The molecule has 3 nitrogen and oxygen atoms in total. The van der Waals surface area contributed by atoms with Crippen molar-refractivity contribution in [2.24, 2.45) is 0 Å². The van der Waals surface area contributed by atoms with Gasteiger partial charge in [-0.15, -0.1) is 0 Å². The van der Waals surface area contributed by atoms with Crippen LogP contribution in [0.5, 0.6) is 0 Å². The molecular weight excluding hydrogens is 226 g/mol. The summed E-state index contributed by atoms with van der Waals surface area (Å²) in [4.78, 5) is 14.2. The molecule has 2 N–H and O–H groups in total. The lowest BCUT2D eigenvalue weighted by atomic mass is 9.87. The molecule has 96 valence electrons. The maximum atomic E-state index is 10.8. The van der Waals surface area contributed by atoms with E-state index in [9.17, 15) is 4.79 Å². The number of hydrogen-bond donors (Lipinski definition) is 2. The molecule has 0 unspecified atom stereocenters. The van der Waals surface area contributed by atoms with E-state index < -0.39 is 5.97 Å². The first-order chi connectivity index (χ1) is 8.39. The normalized spacial score (nSPS) is 11.9. The fraction of sp³-hybridized carbons (Fsp3) is 0.400. The van der Waals surface area contributed by atoms with E-state index in [0.717, 1.165) is 22.2 Å². The molecule has 0 bridgehead atoms. The van der Waals surface area contributed by atoms with Crippen LogP contribution in [0.2, 0.25) is 0 Å². The minimum atomic E-state index is -0.750. The minimum absolute atomic E-state index is 0.00709. The summed E-state index contributed by atoms with van der Waals surface area (Å²) in [6.07, 6.45) is 0.747. The van der Waals surface area contributed by atoms with Crippen molar-refractivity contribution in [2.75, 3.05) is 0 Å². The number of carbonyl (C=O) groups is 1. The Hall–Kier alpha value is -1.77. The quantitative estimate of drug-likeness (QED) is 0.869. The Bertz CT molecular complexity index is 576. The molecule has 2 rings (SSSR count). The number of aryl methyl sites for hydroxylation is 1. The maximum Gasteiger partial charge on any atom is 0.303 e. The van der Waals surface area contributed by atoms with Gasteiger partial charge in [-0.1, -0.05) is 39.0 Å². The van der Waals surface area contributed by atoms with E-state index in [4.69, 9.17) is 5.11 Å². The van der Waals surface area contributed by atoms with Gasteiger partial charge < -0.3 is 10.1 Å². The first-order valence-corrected chi connectivity index (χ1v) is 6.21. The standard InChI is InChI=1S/C15H19NO2/c1-15(2,3)14-11(8-9-13(17)18)10-6-4-5-7-12(10)16-14/h4-7,16H,8-9H2,1-3H3,(H,17,18). The van der Waals surface area contributed by atoms with Crippen molar-refractivity contribution in [3.05, 3.63) is 35.5 Å². The lowest BCUT2D eigenvalue weighted by Gasteiger charge is -2.19. The van der Waals surface area contributed by atoms with Crippen molar-refractivity contribution in [1.82, 2.24) is 4.98 Å². The van der Waals surface area contributed by atoms with Gasteiger partial charge in [0.2, 0.25) is 0 Å². The van der Waals surface area contributed by atoms with Gasteiger partial charge in [0.1, 0.15) is 0 Å². The predicted octanol–water partition coefficient (Wildman–Crippen LogP) is 3.48. The second-order valence-electron chi connectivity index (χ2n) is 5.67. The lowest BCUT2D eigenvalue weighted by molar-refractivity contribution is -0.136. The van der Waals surface area contributed by atoms with Gasteiger partial charge in [-0.3, -0.25) is 4.79 Å². The molecule has 3 heteroatoms. The van der Waals surface area contributed by atoms with Gasteiger partial charge in [0.15, 0.2) is 0 Å². The molecular formula is C15H19NO2. The summed E-state index contributed by atoms with van der Waals surface area (Å²) in [5, 5.41) is 10.0. The first-order valence-electron chi connectivity index (χ1n) is 6.21. The van der Waals surface area contributed by atoms with Gasteiger partial charge in [-0.2, -0.15) is 0 Å². The minimum Gasteiger partial charge on any atom is -0.481 e. The highest BCUT2D eigenvalue weighted by Gasteiger charge is 2.22. The van der Waals surface area contributed by atoms with E-state index in [1.165, 1.54) is 0 Å². The number of rotatable bonds is 3. The molecule has 1 heterocycles. The van der Waals surface area contributed by atoms with Gasteiger partial charge in [0, 0.05) is 28.4 Å². The third kappa shape index (κ3) is 2.40. The zero-order chi connectivity index (χ0) is 13.3. The zero-order valence-corrected chi connectivity index (χ0v) is 11.1. The van der Waals surface area contributed by atoms with Crippen LogP contribution in [0.1, 0.15) is 38.4 Å². The molecule has 0 spiro atoms. The Morgan fingerprint density at radius 1 is 1.28 bits per heavy atom. The Labute approximate surface area is 107 Å². The van der Waals surface area contributed by atoms with Crippen molar-refractivity contribution < 1.29 is 9.90 Å². The van der Waals surface area contributed by atoms with Crippen molar-refractivity contribution in [3.63, 3.8) is 0 Å². The number of aliphatic carboxylic acids is 1. The monoisotopic (exact) mass is 245 g/mol. The molecule has 0 aliphatic heterocycles. The summed E-state index contributed by atoms with van der Waals surface area (Å²) >= 11 is 0. The molecule has 0 saturated carbocycles. The summed E-state index contributed by atoms with van der Waals surface area (Å²) in [6.45, 7) is 6.42. The number of benzene rings is 1. The fourth-order valence-corrected chi connectivity index (χ4v) is 2.33. The van der Waals surface area contributed by atoms with Gasteiger partial charge in [0.05, 0.1) is 0 Å². The fourth-order valence-electron chi connectivity index (χ4n) is 2.33. The SMILES string of the molecule is CC(C)(C)c1[nH]c2ccccc2c1CCC(=O)O. The summed E-state index contributed by atoms with van der Waals surface area (Å²) in [5.41, 5.74) is 3.36. The molecule has 2 aromatic rings. The Morgan fingerprint density at radius 2 is 1.94 bits per heavy atom. The highest BCUT2D eigenvalue weighted by atomic mass is 16.4. The molecule has 0 radical (unpaired) electrons.